The summed E-state index contributed by atoms with van der Waals surface area (Å²) in [4.78, 5) is 16.2. The lowest BCUT2D eigenvalue weighted by Crippen LogP contribution is -2.25. The van der Waals surface area contributed by atoms with Gasteiger partial charge in [0.05, 0.1) is 16.8 Å². The third kappa shape index (κ3) is 4.64. The maximum Gasteiger partial charge on any atom is 0.275 e. The second-order valence-electron chi connectivity index (χ2n) is 6.45. The van der Waals surface area contributed by atoms with Gasteiger partial charge < -0.3 is 0 Å². The average molecular weight is 451 g/mol. The second-order valence-corrected chi connectivity index (χ2v) is 7.79. The molecule has 0 spiro atoms. The van der Waals surface area contributed by atoms with Crippen molar-refractivity contribution < 1.29 is 18.8 Å². The van der Waals surface area contributed by atoms with Gasteiger partial charge in [-0.3, -0.25) is 10.0 Å². The number of hydrazone groups is 1. The van der Waals surface area contributed by atoms with Crippen molar-refractivity contribution in [2.45, 2.75) is 19.9 Å². The van der Waals surface area contributed by atoms with Crippen LogP contribution in [-0.4, -0.2) is 28.4 Å². The summed E-state index contributed by atoms with van der Waals surface area (Å²) >= 11 is 6.97. The molecule has 0 aliphatic heterocycles. The van der Waals surface area contributed by atoms with Crippen LogP contribution in [0.3, 0.4) is 0 Å². The number of thiazole rings is 1. The third-order valence-corrected chi connectivity index (χ3v) is 5.23. The van der Waals surface area contributed by atoms with E-state index >= 15 is 0 Å². The van der Waals surface area contributed by atoms with Crippen molar-refractivity contribution >= 4 is 40.2 Å². The highest BCUT2D eigenvalue weighted by atomic mass is 35.5. The number of carbonyl (C=O) groups excluding carboxylic acids is 1. The van der Waals surface area contributed by atoms with E-state index in [2.05, 4.69) is 10.1 Å². The Morgan fingerprint density at radius 3 is 2.70 bits per heavy atom. The maximum absolute atomic E-state index is 14.6. The lowest BCUT2D eigenvalue weighted by molar-refractivity contribution is 0.0706. The Morgan fingerprint density at radius 2 is 2.03 bits per heavy atom. The van der Waals surface area contributed by atoms with E-state index in [1.54, 1.807) is 24.3 Å². The Labute approximate surface area is 180 Å². The van der Waals surface area contributed by atoms with Crippen molar-refractivity contribution in [3.8, 4) is 11.3 Å². The largest absolute Gasteiger partial charge is 0.288 e. The molecule has 0 bridgehead atoms. The van der Waals surface area contributed by atoms with Crippen LogP contribution in [0, 0.1) is 10.9 Å². The summed E-state index contributed by atoms with van der Waals surface area (Å²) in [5.41, 5.74) is 2.21. The molecule has 156 valence electrons. The van der Waals surface area contributed by atoms with Crippen molar-refractivity contribution in [2.75, 3.05) is 5.01 Å². The predicted octanol–water partition coefficient (Wildman–Crippen LogP) is 5.11. The van der Waals surface area contributed by atoms with Crippen LogP contribution in [0.4, 0.5) is 13.9 Å². The van der Waals surface area contributed by atoms with Gasteiger partial charge in [-0.1, -0.05) is 41.1 Å². The number of halogens is 3. The fourth-order valence-corrected chi connectivity index (χ4v) is 3.76. The number of anilines is 1. The third-order valence-electron chi connectivity index (χ3n) is 4.07. The number of hydrogen-bond donors (Lipinski definition) is 2. The molecule has 1 heterocycles. The fourth-order valence-electron chi connectivity index (χ4n) is 2.63. The average Bonchev–Trinajstić information content (AvgIpc) is 3.09. The molecule has 6 nitrogen and oxygen atoms in total. The van der Waals surface area contributed by atoms with Crippen molar-refractivity contribution in [1.82, 2.24) is 10.5 Å². The standard InChI is InChI=1S/C20H17ClF2N4O2S/c1-11(2)27(24-10-12-7-8-13(22)9-15(12)19(28)26-29)20-25-17(18(23)30-20)14-5-3-4-6-16(14)21/h3-11,29H,1-2H3,(H,26,28)/b24-10+. The van der Waals surface area contributed by atoms with Crippen molar-refractivity contribution in [2.24, 2.45) is 5.10 Å². The molecule has 0 aliphatic carbocycles. The van der Waals surface area contributed by atoms with Gasteiger partial charge in [0.1, 0.15) is 11.5 Å². The summed E-state index contributed by atoms with van der Waals surface area (Å²) in [5.74, 6) is -1.52. The molecule has 30 heavy (non-hydrogen) atoms. The van der Waals surface area contributed by atoms with Crippen LogP contribution < -0.4 is 10.5 Å². The van der Waals surface area contributed by atoms with Crippen LogP contribution in [0.5, 0.6) is 0 Å². The number of aromatic nitrogens is 1. The molecule has 2 N–H and O–H groups in total. The van der Waals surface area contributed by atoms with E-state index in [4.69, 9.17) is 16.8 Å². The minimum Gasteiger partial charge on any atom is -0.288 e. The number of benzene rings is 2. The van der Waals surface area contributed by atoms with E-state index < -0.39 is 16.9 Å². The number of rotatable bonds is 6. The lowest BCUT2D eigenvalue weighted by Gasteiger charge is -2.20. The van der Waals surface area contributed by atoms with Crippen molar-refractivity contribution in [3.63, 3.8) is 0 Å². The summed E-state index contributed by atoms with van der Waals surface area (Å²) in [6.07, 6.45) is 1.32. The number of hydroxylamine groups is 1. The van der Waals surface area contributed by atoms with Gasteiger partial charge in [-0.25, -0.2) is 19.9 Å². The van der Waals surface area contributed by atoms with Gasteiger partial charge in [0, 0.05) is 17.2 Å². The monoisotopic (exact) mass is 450 g/mol. The van der Waals surface area contributed by atoms with Gasteiger partial charge in [0.2, 0.25) is 10.3 Å². The van der Waals surface area contributed by atoms with Crippen LogP contribution in [-0.2, 0) is 0 Å². The first-order chi connectivity index (χ1) is 14.3. The fraction of sp³-hybridized carbons (Fsp3) is 0.150. The van der Waals surface area contributed by atoms with Crippen LogP contribution in [0.1, 0.15) is 29.8 Å². The minimum absolute atomic E-state index is 0.105. The van der Waals surface area contributed by atoms with E-state index in [1.165, 1.54) is 22.8 Å². The number of nitrogens with zero attached hydrogens (tertiary/aromatic N) is 3. The first-order valence-corrected chi connectivity index (χ1v) is 9.99. The minimum atomic E-state index is -0.881. The molecule has 0 radical (unpaired) electrons. The van der Waals surface area contributed by atoms with Crippen molar-refractivity contribution in [3.05, 3.63) is 69.6 Å². The summed E-state index contributed by atoms with van der Waals surface area (Å²) in [6, 6.07) is 10.1. The summed E-state index contributed by atoms with van der Waals surface area (Å²) in [5, 5.41) is 14.8. The van der Waals surface area contributed by atoms with Gasteiger partial charge in [-0.2, -0.15) is 9.49 Å². The van der Waals surface area contributed by atoms with Gasteiger partial charge in [-0.05, 0) is 38.1 Å². The Morgan fingerprint density at radius 1 is 1.30 bits per heavy atom. The molecular weight excluding hydrogens is 434 g/mol. The molecule has 0 fully saturated rings. The molecule has 2 aromatic carbocycles. The van der Waals surface area contributed by atoms with E-state index in [-0.39, 0.29) is 28.0 Å². The van der Waals surface area contributed by atoms with E-state index in [0.29, 0.717) is 10.6 Å². The maximum atomic E-state index is 14.6. The zero-order valence-electron chi connectivity index (χ0n) is 15.9. The Kier molecular flexibility index (Phi) is 6.76. The quantitative estimate of drug-likeness (QED) is 0.311. The number of amides is 1. The highest BCUT2D eigenvalue weighted by Gasteiger charge is 2.21. The first kappa shape index (κ1) is 21.8. The predicted molar refractivity (Wildman–Crippen MR) is 113 cm³/mol. The summed E-state index contributed by atoms with van der Waals surface area (Å²) in [6.45, 7) is 3.66. The first-order valence-electron chi connectivity index (χ1n) is 8.80. The highest BCUT2D eigenvalue weighted by molar-refractivity contribution is 7.14. The summed E-state index contributed by atoms with van der Waals surface area (Å²) in [7, 11) is 0. The topological polar surface area (TPSA) is 77.8 Å². The Hall–Kier alpha value is -2.88. The van der Waals surface area contributed by atoms with Gasteiger partial charge in [0.25, 0.3) is 5.91 Å². The molecule has 3 aromatic rings. The number of nitrogens with one attached hydrogen (secondary N) is 1. The van der Waals surface area contributed by atoms with E-state index in [0.717, 1.165) is 23.5 Å². The smallest absolute Gasteiger partial charge is 0.275 e. The zero-order valence-corrected chi connectivity index (χ0v) is 17.5. The van der Waals surface area contributed by atoms with Crippen LogP contribution >= 0.6 is 22.9 Å². The number of hydrogen-bond acceptors (Lipinski definition) is 6. The lowest BCUT2D eigenvalue weighted by atomic mass is 10.1. The van der Waals surface area contributed by atoms with Crippen LogP contribution in [0.2, 0.25) is 5.02 Å². The normalized spacial score (nSPS) is 11.3. The molecule has 0 atom stereocenters. The zero-order chi connectivity index (χ0) is 21.8. The summed E-state index contributed by atoms with van der Waals surface area (Å²) < 4.78 is 28.1. The SMILES string of the molecule is CC(C)N(/N=C/c1ccc(F)cc1C(=O)NO)c1nc(-c2ccccc2Cl)c(F)s1. The van der Waals surface area contributed by atoms with E-state index in [9.17, 15) is 13.6 Å². The van der Waals surface area contributed by atoms with E-state index in [1.807, 2.05) is 13.8 Å². The molecular formula is C20H17ClF2N4O2S. The molecule has 0 saturated heterocycles. The molecule has 1 amide bonds. The molecule has 0 aliphatic rings. The molecule has 0 unspecified atom stereocenters. The van der Waals surface area contributed by atoms with Crippen LogP contribution in [0.15, 0.2) is 47.6 Å². The Balaban J connectivity index is 1.98. The van der Waals surface area contributed by atoms with Crippen LogP contribution in [0.25, 0.3) is 11.3 Å². The Bertz CT molecular complexity index is 1100. The number of carbonyl (C=O) groups is 1. The highest BCUT2D eigenvalue weighted by Crippen LogP contribution is 2.35. The molecule has 3 rings (SSSR count). The van der Waals surface area contributed by atoms with Gasteiger partial charge in [0.15, 0.2) is 0 Å². The van der Waals surface area contributed by atoms with Crippen molar-refractivity contribution in [1.29, 1.82) is 0 Å². The molecule has 1 aromatic heterocycles. The second kappa shape index (κ2) is 9.29. The molecule has 10 heteroatoms. The van der Waals surface area contributed by atoms with Gasteiger partial charge in [-0.15, -0.1) is 0 Å². The van der Waals surface area contributed by atoms with Gasteiger partial charge >= 0.3 is 0 Å². The molecule has 0 saturated carbocycles.